The molecule has 0 bridgehead atoms. The van der Waals surface area contributed by atoms with Crippen molar-refractivity contribution >= 4 is 61.2 Å². The fourth-order valence-electron chi connectivity index (χ4n) is 6.93. The Morgan fingerprint density at radius 1 is 0.803 bits per heavy atom. The molecule has 358 valence electrons. The lowest BCUT2D eigenvalue weighted by atomic mass is 9.96. The second-order valence-electron chi connectivity index (χ2n) is 18.3. The van der Waals surface area contributed by atoms with E-state index in [9.17, 15) is 19.5 Å². The zero-order chi connectivity index (χ0) is 45.7. The fraction of sp³-hybridized carbons (Fsp3) is 0.891. The molecule has 6 atom stereocenters. The first-order valence-electron chi connectivity index (χ1n) is 23.4. The van der Waals surface area contributed by atoms with E-state index < -0.39 is 67.5 Å². The summed E-state index contributed by atoms with van der Waals surface area (Å²) in [7, 11) is -2.32. The first kappa shape index (κ1) is 57.9. The van der Waals surface area contributed by atoms with E-state index in [0.717, 1.165) is 51.4 Å². The number of ether oxygens (including phenoxy) is 5. The summed E-state index contributed by atoms with van der Waals surface area (Å²) in [6, 6.07) is -1.26. The van der Waals surface area contributed by atoms with Gasteiger partial charge in [0.2, 0.25) is 3.79 Å². The number of esters is 2. The number of carbonyl (C=O) groups is 3. The van der Waals surface area contributed by atoms with Gasteiger partial charge in [-0.15, -0.1) is 6.58 Å². The van der Waals surface area contributed by atoms with Crippen LogP contribution >= 0.6 is 34.8 Å². The summed E-state index contributed by atoms with van der Waals surface area (Å²) >= 11 is 17.4. The lowest BCUT2D eigenvalue weighted by molar-refractivity contribution is -0.269. The van der Waals surface area contributed by atoms with E-state index in [1.54, 1.807) is 0 Å². The van der Waals surface area contributed by atoms with Crippen LogP contribution in [0.2, 0.25) is 18.1 Å². The minimum absolute atomic E-state index is 0.00844. The van der Waals surface area contributed by atoms with E-state index in [4.69, 9.17) is 62.9 Å². The number of hydrogen-bond acceptors (Lipinski definition) is 10. The van der Waals surface area contributed by atoms with Crippen LogP contribution in [0.5, 0.6) is 0 Å². The van der Waals surface area contributed by atoms with Crippen LogP contribution in [0.15, 0.2) is 12.7 Å². The monoisotopic (exact) mass is 943 g/mol. The third-order valence-electron chi connectivity index (χ3n) is 11.7. The molecule has 1 aliphatic heterocycles. The average Bonchev–Trinajstić information content (AvgIpc) is 3.18. The number of rotatable bonds is 34. The number of amides is 1. The molecule has 1 amide bonds. The van der Waals surface area contributed by atoms with Gasteiger partial charge in [-0.05, 0) is 37.4 Å². The summed E-state index contributed by atoms with van der Waals surface area (Å²) in [5.74, 6) is -1.06. The van der Waals surface area contributed by atoms with Crippen LogP contribution in [0.3, 0.4) is 0 Å². The Kier molecular flexibility index (Phi) is 30.9. The predicted octanol–water partition coefficient (Wildman–Crippen LogP) is 12.6. The van der Waals surface area contributed by atoms with E-state index in [2.05, 4.69) is 59.6 Å². The van der Waals surface area contributed by atoms with Crippen LogP contribution in [0, 0.1) is 0 Å². The van der Waals surface area contributed by atoms with E-state index in [1.165, 1.54) is 83.1 Å². The zero-order valence-corrected chi connectivity index (χ0v) is 42.2. The molecule has 0 unspecified atom stereocenters. The van der Waals surface area contributed by atoms with Gasteiger partial charge < -0.3 is 38.5 Å². The van der Waals surface area contributed by atoms with Crippen LogP contribution in [-0.4, -0.2) is 91.8 Å². The highest BCUT2D eigenvalue weighted by atomic mass is 35.6. The Balaban J connectivity index is 3.13. The molecule has 0 radical (unpaired) electrons. The first-order chi connectivity index (χ1) is 28.8. The topological polar surface area (TPSA) is 139 Å². The van der Waals surface area contributed by atoms with Gasteiger partial charge in [-0.1, -0.05) is 191 Å². The highest BCUT2D eigenvalue weighted by Crippen LogP contribution is 2.37. The van der Waals surface area contributed by atoms with Crippen molar-refractivity contribution in [3.05, 3.63) is 12.7 Å². The normalized spacial score (nSPS) is 20.2. The highest BCUT2D eigenvalue weighted by Gasteiger charge is 2.50. The number of aliphatic hydroxyl groups excluding tert-OH is 1. The largest absolute Gasteiger partial charge is 0.462 e. The molecule has 1 aliphatic rings. The third-order valence-corrected chi connectivity index (χ3v) is 16.5. The van der Waals surface area contributed by atoms with Gasteiger partial charge in [-0.25, -0.2) is 4.79 Å². The van der Waals surface area contributed by atoms with Gasteiger partial charge in [0.1, 0.15) is 31.0 Å². The standard InChI is InChI=1S/C46H84Cl3NO10Si/c1-9-12-14-16-18-20-21-23-25-27-29-31-38(51)58-36(30-28-26-24-22-19-17-15-13-10-2)33-39(52)60-42-40(50-44(54)56-35-46(47,48)49)43(55-32-11-3)59-37(41(42)53)34-57-61(7,8)45(4,5)6/h11,36-37,40-43,53H,3,9-10,12-35H2,1-2,4-8H3,(H,50,54)/t36-,37-,40-,41-,42-,43+/m1/s1. The zero-order valence-electron chi connectivity index (χ0n) is 38.9. The average molecular weight is 946 g/mol. The summed E-state index contributed by atoms with van der Waals surface area (Å²) in [4.78, 5) is 40.0. The molecule has 1 fully saturated rings. The first-order valence-corrected chi connectivity index (χ1v) is 27.5. The molecule has 1 heterocycles. The maximum Gasteiger partial charge on any atom is 0.407 e. The molecule has 0 spiro atoms. The summed E-state index contributed by atoms with van der Waals surface area (Å²) in [5.41, 5.74) is 0. The number of alkyl halides is 3. The molecule has 0 saturated carbocycles. The molecule has 0 aromatic carbocycles. The van der Waals surface area contributed by atoms with Gasteiger partial charge in [0, 0.05) is 6.42 Å². The molecule has 61 heavy (non-hydrogen) atoms. The van der Waals surface area contributed by atoms with E-state index in [-0.39, 0.29) is 37.1 Å². The second-order valence-corrected chi connectivity index (χ2v) is 25.6. The molecule has 15 heteroatoms. The lowest BCUT2D eigenvalue weighted by Crippen LogP contribution is -2.66. The van der Waals surface area contributed by atoms with Crippen molar-refractivity contribution in [2.45, 2.75) is 241 Å². The van der Waals surface area contributed by atoms with Crippen molar-refractivity contribution in [3.63, 3.8) is 0 Å². The summed E-state index contributed by atoms with van der Waals surface area (Å²) in [6.07, 6.45) is 18.2. The molecule has 2 N–H and O–H groups in total. The summed E-state index contributed by atoms with van der Waals surface area (Å²) < 4.78 is 33.7. The molecule has 1 rings (SSSR count). The van der Waals surface area contributed by atoms with Crippen LogP contribution < -0.4 is 5.32 Å². The van der Waals surface area contributed by atoms with Crippen LogP contribution in [0.4, 0.5) is 4.79 Å². The number of unbranched alkanes of at least 4 members (excludes halogenated alkanes) is 18. The summed E-state index contributed by atoms with van der Waals surface area (Å²) in [6.45, 7) is 18.0. The Morgan fingerprint density at radius 2 is 1.31 bits per heavy atom. The number of aliphatic hydroxyl groups is 1. The minimum Gasteiger partial charge on any atom is -0.462 e. The molecular weight excluding hydrogens is 861 g/mol. The number of alkyl carbamates (subject to hydrolysis) is 1. The van der Waals surface area contributed by atoms with Gasteiger partial charge in [0.15, 0.2) is 20.7 Å². The molecular formula is C46H84Cl3NO10Si. The lowest BCUT2D eigenvalue weighted by Gasteiger charge is -2.45. The van der Waals surface area contributed by atoms with E-state index >= 15 is 0 Å². The van der Waals surface area contributed by atoms with Crippen molar-refractivity contribution in [3.8, 4) is 0 Å². The minimum atomic E-state index is -2.32. The Hall–Kier alpha value is -1.12. The van der Waals surface area contributed by atoms with Crippen molar-refractivity contribution in [2.75, 3.05) is 19.8 Å². The molecule has 11 nitrogen and oxygen atoms in total. The second kappa shape index (κ2) is 32.5. The van der Waals surface area contributed by atoms with E-state index in [0.29, 0.717) is 6.42 Å². The Bertz CT molecular complexity index is 1200. The van der Waals surface area contributed by atoms with Gasteiger partial charge in [-0.3, -0.25) is 9.59 Å². The number of carbonyl (C=O) groups excluding carboxylic acids is 3. The van der Waals surface area contributed by atoms with Crippen molar-refractivity contribution in [1.29, 1.82) is 0 Å². The number of halogens is 3. The van der Waals surface area contributed by atoms with Crippen LogP contribution in [-0.2, 0) is 37.7 Å². The van der Waals surface area contributed by atoms with Crippen molar-refractivity contribution < 1.29 is 47.6 Å². The van der Waals surface area contributed by atoms with Gasteiger partial charge in [0.25, 0.3) is 0 Å². The predicted molar refractivity (Wildman–Crippen MR) is 250 cm³/mol. The highest BCUT2D eigenvalue weighted by molar-refractivity contribution is 6.74. The van der Waals surface area contributed by atoms with Gasteiger partial charge >= 0.3 is 18.0 Å². The van der Waals surface area contributed by atoms with Crippen LogP contribution in [0.1, 0.15) is 182 Å². The van der Waals surface area contributed by atoms with Gasteiger partial charge in [0.05, 0.1) is 19.6 Å². The van der Waals surface area contributed by atoms with Gasteiger partial charge in [-0.2, -0.15) is 0 Å². The van der Waals surface area contributed by atoms with Crippen molar-refractivity contribution in [1.82, 2.24) is 5.32 Å². The molecule has 0 aromatic heterocycles. The number of nitrogens with one attached hydrogen (secondary N) is 1. The molecule has 0 aromatic rings. The van der Waals surface area contributed by atoms with Crippen LogP contribution in [0.25, 0.3) is 0 Å². The maximum absolute atomic E-state index is 13.9. The molecule has 0 aliphatic carbocycles. The maximum atomic E-state index is 13.9. The van der Waals surface area contributed by atoms with Crippen molar-refractivity contribution in [2.24, 2.45) is 0 Å². The third kappa shape index (κ3) is 27.1. The fourth-order valence-corrected chi connectivity index (χ4v) is 8.11. The van der Waals surface area contributed by atoms with E-state index in [1.807, 2.05) is 0 Å². The Morgan fingerprint density at radius 3 is 1.80 bits per heavy atom. The number of hydrogen-bond donors (Lipinski definition) is 2. The SMILES string of the molecule is C=CCO[C@H]1O[C@H](CO[Si](C)(C)C(C)(C)C)[C@@H](O)[C@H](OC(=O)C[C@@H](CCCCCCCCCCC)OC(=O)CCCCCCCCCCCCC)[C@H]1NC(=O)OCC(Cl)(Cl)Cl. The summed E-state index contributed by atoms with van der Waals surface area (Å²) in [5, 5.41) is 14.2. The Labute approximate surface area is 385 Å². The quantitative estimate of drug-likeness (QED) is 0.0160. The smallest absolute Gasteiger partial charge is 0.407 e. The molecule has 1 saturated heterocycles.